The summed E-state index contributed by atoms with van der Waals surface area (Å²) in [5, 5.41) is 3.27. The van der Waals surface area contributed by atoms with Crippen LogP contribution < -0.4 is 5.32 Å². The van der Waals surface area contributed by atoms with Crippen molar-refractivity contribution >= 4 is 0 Å². The lowest BCUT2D eigenvalue weighted by Crippen LogP contribution is -2.42. The number of piperidine rings is 1. The van der Waals surface area contributed by atoms with Crippen LogP contribution >= 0.6 is 0 Å². The van der Waals surface area contributed by atoms with Crippen molar-refractivity contribution < 1.29 is 0 Å². The maximum absolute atomic E-state index is 3.27. The summed E-state index contributed by atoms with van der Waals surface area (Å²) in [6.07, 6.45) is 7.10. The van der Waals surface area contributed by atoms with Gasteiger partial charge >= 0.3 is 0 Å². The molecule has 4 saturated heterocycles. The fourth-order valence-electron chi connectivity index (χ4n) is 3.61. The Bertz CT molecular complexity index is 302. The van der Waals surface area contributed by atoms with Crippen molar-refractivity contribution in [1.82, 2.24) is 29.8 Å². The highest BCUT2D eigenvalue weighted by molar-refractivity contribution is 4.64. The van der Waals surface area contributed by atoms with Crippen LogP contribution in [-0.2, 0) is 0 Å². The molecule has 6 heteroatoms. The van der Waals surface area contributed by atoms with Crippen LogP contribution in [0.25, 0.3) is 0 Å². The minimum Gasteiger partial charge on any atom is -0.314 e. The van der Waals surface area contributed by atoms with Crippen LogP contribution in [0.4, 0.5) is 0 Å². The minimum absolute atomic E-state index is 1.16. The van der Waals surface area contributed by atoms with E-state index in [1.165, 1.54) is 97.6 Å². The molecule has 0 saturated carbocycles. The normalized spacial score (nSPS) is 25.6. The molecular formula is C22H50N6. The molecule has 4 fully saturated rings. The van der Waals surface area contributed by atoms with Gasteiger partial charge in [-0.3, -0.25) is 0 Å². The zero-order valence-electron chi connectivity index (χ0n) is 19.8. The Hall–Kier alpha value is -0.240. The van der Waals surface area contributed by atoms with Gasteiger partial charge in [0.2, 0.25) is 0 Å². The van der Waals surface area contributed by atoms with Gasteiger partial charge in [0, 0.05) is 52.4 Å². The fourth-order valence-corrected chi connectivity index (χ4v) is 3.61. The highest BCUT2D eigenvalue weighted by Gasteiger charge is 2.08. The molecule has 168 valence electrons. The van der Waals surface area contributed by atoms with Gasteiger partial charge in [0.05, 0.1) is 0 Å². The highest BCUT2D eigenvalue weighted by Crippen LogP contribution is 2.04. The summed E-state index contributed by atoms with van der Waals surface area (Å²) >= 11 is 0. The molecule has 4 aliphatic rings. The molecule has 4 aliphatic heterocycles. The topological polar surface area (TPSA) is 28.2 Å². The molecular weight excluding hydrogens is 348 g/mol. The van der Waals surface area contributed by atoms with Crippen LogP contribution in [0.1, 0.15) is 32.1 Å². The van der Waals surface area contributed by atoms with Crippen LogP contribution in [0.2, 0.25) is 0 Å². The van der Waals surface area contributed by atoms with Gasteiger partial charge in [-0.05, 0) is 87.1 Å². The summed E-state index contributed by atoms with van der Waals surface area (Å²) in [6.45, 7) is 15.0. The quantitative estimate of drug-likeness (QED) is 0.659. The monoisotopic (exact) mass is 398 g/mol. The predicted molar refractivity (Wildman–Crippen MR) is 123 cm³/mol. The Morgan fingerprint density at radius 2 is 0.643 bits per heavy atom. The second kappa shape index (κ2) is 16.5. The smallest absolute Gasteiger partial charge is 0.0107 e. The van der Waals surface area contributed by atoms with Crippen molar-refractivity contribution in [2.45, 2.75) is 32.1 Å². The first-order valence-electron chi connectivity index (χ1n) is 11.6. The Kier molecular flexibility index (Phi) is 15.2. The molecule has 0 aromatic heterocycles. The zero-order chi connectivity index (χ0) is 20.6. The van der Waals surface area contributed by atoms with Gasteiger partial charge in [-0.2, -0.15) is 0 Å². The molecule has 1 N–H and O–H groups in total. The van der Waals surface area contributed by atoms with Crippen LogP contribution in [0.3, 0.4) is 0 Å². The maximum atomic E-state index is 3.27. The molecule has 0 spiro atoms. The minimum atomic E-state index is 1.16. The molecule has 4 heterocycles. The average Bonchev–Trinajstić information content (AvgIpc) is 3.18. The van der Waals surface area contributed by atoms with Crippen molar-refractivity contribution in [1.29, 1.82) is 0 Å². The average molecular weight is 399 g/mol. The number of hydrogen-bond donors (Lipinski definition) is 1. The Morgan fingerprint density at radius 3 is 0.857 bits per heavy atom. The summed E-state index contributed by atoms with van der Waals surface area (Å²) in [4.78, 5) is 11.8. The molecule has 28 heavy (non-hydrogen) atoms. The lowest BCUT2D eigenvalue weighted by molar-refractivity contribution is 0.181. The second-order valence-corrected chi connectivity index (χ2v) is 9.03. The summed E-state index contributed by atoms with van der Waals surface area (Å²) in [5.74, 6) is 0. The Balaban J connectivity index is 0.000000188. The van der Waals surface area contributed by atoms with Gasteiger partial charge in [-0.25, -0.2) is 0 Å². The van der Waals surface area contributed by atoms with Crippen LogP contribution in [0, 0.1) is 0 Å². The SMILES string of the molecule is CN1CCCC1.CN1CCCCC1.CN1CCN(C)CC1.CN1CCNCC1. The van der Waals surface area contributed by atoms with E-state index in [9.17, 15) is 0 Å². The molecule has 0 aromatic carbocycles. The Labute approximate surface area is 176 Å². The first-order valence-corrected chi connectivity index (χ1v) is 11.6. The highest BCUT2D eigenvalue weighted by atomic mass is 15.2. The van der Waals surface area contributed by atoms with Gasteiger partial charge in [0.25, 0.3) is 0 Å². The molecule has 6 nitrogen and oxygen atoms in total. The maximum Gasteiger partial charge on any atom is 0.0107 e. The standard InChI is InChI=1S/C6H14N2.C6H13N.C5H12N2.C5H11N/c1-7-3-5-8(2)6-4-7;1-7-5-3-2-4-6-7;1-7-4-2-6-3-5-7;1-6-4-2-3-5-6/h3-6H2,1-2H3;2-6H2,1H3;6H,2-5H2,1H3;2-5H2,1H3. The lowest BCUT2D eigenvalue weighted by atomic mass is 10.1. The van der Waals surface area contributed by atoms with E-state index >= 15 is 0 Å². The Morgan fingerprint density at radius 1 is 0.357 bits per heavy atom. The third-order valence-electron chi connectivity index (χ3n) is 5.98. The first kappa shape index (κ1) is 25.8. The van der Waals surface area contributed by atoms with Crippen molar-refractivity contribution in [3.63, 3.8) is 0 Å². The zero-order valence-corrected chi connectivity index (χ0v) is 19.8. The fraction of sp³-hybridized carbons (Fsp3) is 1.00. The largest absolute Gasteiger partial charge is 0.314 e. The van der Waals surface area contributed by atoms with Gasteiger partial charge < -0.3 is 29.8 Å². The predicted octanol–water partition coefficient (Wildman–Crippen LogP) is 1.20. The summed E-state index contributed by atoms with van der Waals surface area (Å²) in [7, 11) is 10.9. The number of nitrogens with zero attached hydrogens (tertiary/aromatic N) is 5. The van der Waals surface area contributed by atoms with Gasteiger partial charge in [-0.15, -0.1) is 0 Å². The number of nitrogens with one attached hydrogen (secondary N) is 1. The van der Waals surface area contributed by atoms with E-state index in [1.807, 2.05) is 0 Å². The molecule has 4 rings (SSSR count). The molecule has 0 amide bonds. The molecule has 0 bridgehead atoms. The van der Waals surface area contributed by atoms with Crippen molar-refractivity contribution in [2.75, 3.05) is 114 Å². The van der Waals surface area contributed by atoms with Crippen LogP contribution in [0.15, 0.2) is 0 Å². The van der Waals surface area contributed by atoms with Crippen molar-refractivity contribution in [3.8, 4) is 0 Å². The summed E-state index contributed by atoms with van der Waals surface area (Å²) < 4.78 is 0. The van der Waals surface area contributed by atoms with E-state index in [0.29, 0.717) is 0 Å². The van der Waals surface area contributed by atoms with Gasteiger partial charge in [0.15, 0.2) is 0 Å². The number of piperazine rings is 2. The number of hydrogen-bond acceptors (Lipinski definition) is 6. The van der Waals surface area contributed by atoms with Crippen molar-refractivity contribution in [2.24, 2.45) is 0 Å². The third kappa shape index (κ3) is 14.7. The molecule has 0 radical (unpaired) electrons. The van der Waals surface area contributed by atoms with Crippen LogP contribution in [-0.4, -0.2) is 138 Å². The van der Waals surface area contributed by atoms with E-state index in [4.69, 9.17) is 0 Å². The van der Waals surface area contributed by atoms with Gasteiger partial charge in [-0.1, -0.05) is 6.42 Å². The molecule has 0 unspecified atom stereocenters. The van der Waals surface area contributed by atoms with Gasteiger partial charge in [0.1, 0.15) is 0 Å². The third-order valence-corrected chi connectivity index (χ3v) is 5.98. The second-order valence-electron chi connectivity index (χ2n) is 9.03. The lowest BCUT2D eigenvalue weighted by Gasteiger charge is -2.28. The van der Waals surface area contributed by atoms with E-state index in [-0.39, 0.29) is 0 Å². The van der Waals surface area contributed by atoms with E-state index in [2.05, 4.69) is 65.1 Å². The van der Waals surface area contributed by atoms with Crippen LogP contribution in [0.5, 0.6) is 0 Å². The van der Waals surface area contributed by atoms with E-state index < -0.39 is 0 Å². The number of likely N-dealkylation sites (tertiary alicyclic amines) is 2. The number of rotatable bonds is 0. The summed E-state index contributed by atoms with van der Waals surface area (Å²) in [5.41, 5.74) is 0. The van der Waals surface area contributed by atoms with E-state index in [1.54, 1.807) is 0 Å². The van der Waals surface area contributed by atoms with E-state index in [0.717, 1.165) is 13.1 Å². The molecule has 0 aromatic rings. The molecule has 0 atom stereocenters. The molecule has 0 aliphatic carbocycles. The first-order chi connectivity index (χ1) is 13.5. The summed E-state index contributed by atoms with van der Waals surface area (Å²) in [6, 6.07) is 0. The number of likely N-dealkylation sites (N-methyl/N-ethyl adjacent to an activating group) is 3. The van der Waals surface area contributed by atoms with Crippen molar-refractivity contribution in [3.05, 3.63) is 0 Å².